The zero-order valence-corrected chi connectivity index (χ0v) is 9.87. The summed E-state index contributed by atoms with van der Waals surface area (Å²) in [6.07, 6.45) is 1.93. The first-order chi connectivity index (χ1) is 7.00. The van der Waals surface area contributed by atoms with E-state index in [1.165, 1.54) is 5.56 Å². The van der Waals surface area contributed by atoms with E-state index in [-0.39, 0.29) is 11.9 Å². The Morgan fingerprint density at radius 2 is 2.13 bits per heavy atom. The Morgan fingerprint density at radius 1 is 1.47 bits per heavy atom. The lowest BCUT2D eigenvalue weighted by Gasteiger charge is -2.07. The molecule has 0 bridgehead atoms. The van der Waals surface area contributed by atoms with Gasteiger partial charge >= 0.3 is 0 Å². The third-order valence-corrected chi connectivity index (χ3v) is 2.38. The maximum absolute atomic E-state index is 11.6. The smallest absolute Gasteiger partial charge is 0.286 e. The summed E-state index contributed by atoms with van der Waals surface area (Å²) in [5.41, 5.74) is 2.34. The van der Waals surface area contributed by atoms with E-state index in [1.54, 1.807) is 0 Å². The van der Waals surface area contributed by atoms with Gasteiger partial charge in [0.05, 0.1) is 0 Å². The standard InChI is InChI=1S/C12H18N2O/c1-9(2)13-12(15)8-14-7-5-6-10(3)11(14)4/h5-7,9H,8H2,1-4H3/p+1. The molecule has 1 aromatic heterocycles. The highest BCUT2D eigenvalue weighted by Crippen LogP contribution is 1.98. The van der Waals surface area contributed by atoms with E-state index in [9.17, 15) is 4.79 Å². The largest absolute Gasteiger partial charge is 0.348 e. The second-order valence-electron chi connectivity index (χ2n) is 4.13. The number of hydrogen-bond donors (Lipinski definition) is 1. The van der Waals surface area contributed by atoms with Crippen molar-refractivity contribution in [2.75, 3.05) is 0 Å². The van der Waals surface area contributed by atoms with E-state index in [1.807, 2.05) is 50.6 Å². The van der Waals surface area contributed by atoms with Crippen molar-refractivity contribution >= 4 is 5.91 Å². The molecule has 0 atom stereocenters. The Balaban J connectivity index is 2.73. The van der Waals surface area contributed by atoms with E-state index in [4.69, 9.17) is 0 Å². The Bertz CT molecular complexity index is 359. The van der Waals surface area contributed by atoms with Gasteiger partial charge < -0.3 is 5.32 Å². The van der Waals surface area contributed by atoms with Crippen LogP contribution in [-0.2, 0) is 11.3 Å². The molecule has 0 aliphatic heterocycles. The van der Waals surface area contributed by atoms with Crippen molar-refractivity contribution in [2.45, 2.75) is 40.3 Å². The van der Waals surface area contributed by atoms with Crippen LogP contribution in [0.25, 0.3) is 0 Å². The normalized spacial score (nSPS) is 10.5. The summed E-state index contributed by atoms with van der Waals surface area (Å²) in [6.45, 7) is 8.40. The lowest BCUT2D eigenvalue weighted by atomic mass is 10.2. The minimum atomic E-state index is 0.0590. The van der Waals surface area contributed by atoms with E-state index >= 15 is 0 Å². The van der Waals surface area contributed by atoms with Gasteiger partial charge in [-0.2, -0.15) is 4.57 Å². The lowest BCUT2D eigenvalue weighted by Crippen LogP contribution is -2.46. The van der Waals surface area contributed by atoms with E-state index < -0.39 is 0 Å². The number of nitrogens with zero attached hydrogens (tertiary/aromatic N) is 1. The molecule has 1 amide bonds. The molecule has 0 aromatic carbocycles. The van der Waals surface area contributed by atoms with Gasteiger partial charge in [0.1, 0.15) is 0 Å². The van der Waals surface area contributed by atoms with Gasteiger partial charge in [-0.05, 0) is 26.8 Å². The summed E-state index contributed by atoms with van der Waals surface area (Å²) in [5, 5.41) is 2.88. The molecule has 1 N–H and O–H groups in total. The molecule has 3 nitrogen and oxygen atoms in total. The number of amides is 1. The van der Waals surface area contributed by atoms with Gasteiger partial charge in [-0.3, -0.25) is 4.79 Å². The molecule has 1 rings (SSSR count). The number of aromatic nitrogens is 1. The summed E-state index contributed by atoms with van der Waals surface area (Å²) in [7, 11) is 0. The first-order valence-corrected chi connectivity index (χ1v) is 5.25. The molecule has 3 heteroatoms. The van der Waals surface area contributed by atoms with Crippen molar-refractivity contribution in [3.63, 3.8) is 0 Å². The van der Waals surface area contributed by atoms with Gasteiger partial charge in [-0.25, -0.2) is 0 Å². The van der Waals surface area contributed by atoms with Crippen LogP contribution in [-0.4, -0.2) is 11.9 Å². The number of pyridine rings is 1. The van der Waals surface area contributed by atoms with Gasteiger partial charge in [0.15, 0.2) is 11.9 Å². The van der Waals surface area contributed by atoms with E-state index in [0.717, 1.165) is 5.69 Å². The number of rotatable bonds is 3. The predicted molar refractivity (Wildman–Crippen MR) is 59.4 cm³/mol. The van der Waals surface area contributed by atoms with Crippen LogP contribution < -0.4 is 9.88 Å². The fraction of sp³-hybridized carbons (Fsp3) is 0.500. The van der Waals surface area contributed by atoms with Crippen molar-refractivity contribution < 1.29 is 9.36 Å². The van der Waals surface area contributed by atoms with Crippen molar-refractivity contribution in [3.05, 3.63) is 29.6 Å². The van der Waals surface area contributed by atoms with Gasteiger partial charge in [0.25, 0.3) is 5.91 Å². The Morgan fingerprint density at radius 3 is 2.73 bits per heavy atom. The summed E-state index contributed by atoms with van der Waals surface area (Å²) < 4.78 is 1.97. The fourth-order valence-electron chi connectivity index (χ4n) is 1.44. The zero-order valence-electron chi connectivity index (χ0n) is 9.87. The number of hydrogen-bond acceptors (Lipinski definition) is 1. The van der Waals surface area contributed by atoms with Crippen LogP contribution in [0.4, 0.5) is 0 Å². The van der Waals surface area contributed by atoms with Gasteiger partial charge in [0.2, 0.25) is 6.54 Å². The van der Waals surface area contributed by atoms with Crippen molar-refractivity contribution in [1.82, 2.24) is 5.32 Å². The number of nitrogens with one attached hydrogen (secondary N) is 1. The first-order valence-electron chi connectivity index (χ1n) is 5.25. The molecule has 82 valence electrons. The second kappa shape index (κ2) is 4.91. The molecule has 0 saturated carbocycles. The molecule has 0 aliphatic rings. The maximum atomic E-state index is 11.6. The topological polar surface area (TPSA) is 33.0 Å². The summed E-state index contributed by atoms with van der Waals surface area (Å²) in [6, 6.07) is 4.21. The molecule has 0 saturated heterocycles. The van der Waals surface area contributed by atoms with Gasteiger partial charge in [0, 0.05) is 24.6 Å². The van der Waals surface area contributed by atoms with Crippen molar-refractivity contribution in [1.29, 1.82) is 0 Å². The quantitative estimate of drug-likeness (QED) is 0.740. The van der Waals surface area contributed by atoms with Crippen molar-refractivity contribution in [2.24, 2.45) is 0 Å². The number of aryl methyl sites for hydroxylation is 1. The highest BCUT2D eigenvalue weighted by atomic mass is 16.2. The molecular weight excluding hydrogens is 188 g/mol. The van der Waals surface area contributed by atoms with Crippen LogP contribution in [0.5, 0.6) is 0 Å². The van der Waals surface area contributed by atoms with Gasteiger partial charge in [-0.15, -0.1) is 0 Å². The highest BCUT2D eigenvalue weighted by molar-refractivity contribution is 5.74. The molecule has 0 aliphatic carbocycles. The monoisotopic (exact) mass is 207 g/mol. The summed E-state index contributed by atoms with van der Waals surface area (Å²) in [5.74, 6) is 0.0590. The fourth-order valence-corrected chi connectivity index (χ4v) is 1.44. The molecule has 0 fully saturated rings. The third-order valence-electron chi connectivity index (χ3n) is 2.38. The van der Waals surface area contributed by atoms with Crippen molar-refractivity contribution in [3.8, 4) is 0 Å². The van der Waals surface area contributed by atoms with Crippen LogP contribution >= 0.6 is 0 Å². The SMILES string of the molecule is Cc1ccc[n+](CC(=O)NC(C)C)c1C. The summed E-state index contributed by atoms with van der Waals surface area (Å²) in [4.78, 5) is 11.6. The third kappa shape index (κ3) is 3.35. The summed E-state index contributed by atoms with van der Waals surface area (Å²) >= 11 is 0. The van der Waals surface area contributed by atoms with Crippen LogP contribution in [0.15, 0.2) is 18.3 Å². The number of carbonyl (C=O) groups is 1. The Kier molecular flexibility index (Phi) is 3.83. The molecule has 0 unspecified atom stereocenters. The van der Waals surface area contributed by atoms with E-state index in [0.29, 0.717) is 6.54 Å². The Labute approximate surface area is 91.1 Å². The van der Waals surface area contributed by atoms with E-state index in [2.05, 4.69) is 5.32 Å². The second-order valence-corrected chi connectivity index (χ2v) is 4.13. The highest BCUT2D eigenvalue weighted by Gasteiger charge is 2.13. The number of carbonyl (C=O) groups excluding carboxylic acids is 1. The zero-order chi connectivity index (χ0) is 11.4. The van der Waals surface area contributed by atoms with Crippen LogP contribution in [0.1, 0.15) is 25.1 Å². The molecule has 1 heterocycles. The predicted octanol–water partition coefficient (Wildman–Crippen LogP) is 1.12. The van der Waals surface area contributed by atoms with Crippen LogP contribution in [0, 0.1) is 13.8 Å². The lowest BCUT2D eigenvalue weighted by molar-refractivity contribution is -0.690. The molecule has 0 radical (unpaired) electrons. The minimum absolute atomic E-state index is 0.0590. The average Bonchev–Trinajstić information content (AvgIpc) is 2.11. The molecule has 15 heavy (non-hydrogen) atoms. The van der Waals surface area contributed by atoms with Crippen LogP contribution in [0.2, 0.25) is 0 Å². The Hall–Kier alpha value is -1.38. The first kappa shape index (κ1) is 11.7. The maximum Gasteiger partial charge on any atom is 0.286 e. The van der Waals surface area contributed by atoms with Gasteiger partial charge in [-0.1, -0.05) is 0 Å². The minimum Gasteiger partial charge on any atom is -0.348 e. The molecular formula is C12H19N2O+. The average molecular weight is 207 g/mol. The molecule has 1 aromatic rings. The molecule has 0 spiro atoms. The van der Waals surface area contributed by atoms with Crippen LogP contribution in [0.3, 0.4) is 0 Å².